The van der Waals surface area contributed by atoms with E-state index in [-0.39, 0.29) is 6.04 Å². The molecule has 2 N–H and O–H groups in total. The topological polar surface area (TPSA) is 61.4 Å². The second-order valence-electron chi connectivity index (χ2n) is 4.90. The number of nitrogens with one attached hydrogen (secondary N) is 2. The third-order valence-corrected chi connectivity index (χ3v) is 3.18. The number of carbonyl (C=O) groups is 2. The molecule has 0 aromatic rings. The van der Waals surface area contributed by atoms with Crippen LogP contribution in [0.1, 0.15) is 27.2 Å². The lowest BCUT2D eigenvalue weighted by atomic mass is 10.1. The van der Waals surface area contributed by atoms with Crippen LogP contribution in [0.5, 0.6) is 0 Å². The molecule has 1 aliphatic rings. The lowest BCUT2D eigenvalue weighted by Crippen LogP contribution is -2.47. The highest BCUT2D eigenvalue weighted by molar-refractivity contribution is 6.35. The molecule has 0 saturated carbocycles. The van der Waals surface area contributed by atoms with Gasteiger partial charge in [0.25, 0.3) is 0 Å². The molecular formula is C12H23N3O2. The second-order valence-corrected chi connectivity index (χ2v) is 4.90. The molecule has 0 aliphatic carbocycles. The highest BCUT2D eigenvalue weighted by Gasteiger charge is 2.24. The van der Waals surface area contributed by atoms with Crippen LogP contribution < -0.4 is 10.6 Å². The third-order valence-electron chi connectivity index (χ3n) is 3.18. The van der Waals surface area contributed by atoms with E-state index in [1.54, 1.807) is 4.90 Å². The van der Waals surface area contributed by atoms with Gasteiger partial charge in [-0.2, -0.15) is 0 Å². The van der Waals surface area contributed by atoms with Crippen LogP contribution in [0.4, 0.5) is 0 Å². The second kappa shape index (κ2) is 6.59. The predicted octanol–water partition coefficient (Wildman–Crippen LogP) is -0.0310. The Balaban J connectivity index is 2.47. The van der Waals surface area contributed by atoms with Gasteiger partial charge in [0.2, 0.25) is 0 Å². The Bertz CT molecular complexity index is 271. The molecule has 1 aliphatic heterocycles. The first-order valence-corrected chi connectivity index (χ1v) is 6.33. The fourth-order valence-electron chi connectivity index (χ4n) is 1.63. The molecule has 0 aromatic carbocycles. The highest BCUT2D eigenvalue weighted by Crippen LogP contribution is 2.01. The number of nitrogens with zero attached hydrogens (tertiary/aromatic N) is 1. The summed E-state index contributed by atoms with van der Waals surface area (Å²) in [6, 6.07) is 0.0246. The summed E-state index contributed by atoms with van der Waals surface area (Å²) in [5.41, 5.74) is 0. The molecule has 1 rings (SSSR count). The first-order chi connectivity index (χ1) is 8.02. The van der Waals surface area contributed by atoms with E-state index in [9.17, 15) is 9.59 Å². The number of hydrogen-bond donors (Lipinski definition) is 2. The first-order valence-electron chi connectivity index (χ1n) is 6.33. The summed E-state index contributed by atoms with van der Waals surface area (Å²) in [6.45, 7) is 8.90. The van der Waals surface area contributed by atoms with E-state index >= 15 is 0 Å². The smallest absolute Gasteiger partial charge is 0.311 e. The normalized spacial score (nSPS) is 18.7. The van der Waals surface area contributed by atoms with Gasteiger partial charge in [-0.25, -0.2) is 0 Å². The summed E-state index contributed by atoms with van der Waals surface area (Å²) < 4.78 is 0. The van der Waals surface area contributed by atoms with Crippen LogP contribution in [0.3, 0.4) is 0 Å². The van der Waals surface area contributed by atoms with E-state index in [0.717, 1.165) is 19.5 Å². The minimum Gasteiger partial charge on any atom is -0.345 e. The number of hydrogen-bond acceptors (Lipinski definition) is 3. The summed E-state index contributed by atoms with van der Waals surface area (Å²) in [5.74, 6) is -0.549. The largest absolute Gasteiger partial charge is 0.345 e. The number of rotatable bonds is 2. The first kappa shape index (κ1) is 14.0. The Kier molecular flexibility index (Phi) is 5.41. The van der Waals surface area contributed by atoms with Gasteiger partial charge in [0.05, 0.1) is 0 Å². The molecule has 2 amide bonds. The van der Waals surface area contributed by atoms with Crippen LogP contribution in [0.15, 0.2) is 0 Å². The minimum absolute atomic E-state index is 0.0246. The van der Waals surface area contributed by atoms with Gasteiger partial charge in [0.15, 0.2) is 0 Å². The zero-order valence-corrected chi connectivity index (χ0v) is 11.0. The quantitative estimate of drug-likeness (QED) is 0.667. The molecule has 98 valence electrons. The van der Waals surface area contributed by atoms with Crippen LogP contribution in [0.2, 0.25) is 0 Å². The molecule has 1 unspecified atom stereocenters. The van der Waals surface area contributed by atoms with Gasteiger partial charge in [-0.15, -0.1) is 0 Å². The molecule has 1 fully saturated rings. The van der Waals surface area contributed by atoms with Crippen molar-refractivity contribution in [2.75, 3.05) is 26.2 Å². The van der Waals surface area contributed by atoms with Crippen LogP contribution >= 0.6 is 0 Å². The van der Waals surface area contributed by atoms with Crippen molar-refractivity contribution >= 4 is 11.8 Å². The lowest BCUT2D eigenvalue weighted by molar-refractivity contribution is -0.146. The van der Waals surface area contributed by atoms with E-state index in [2.05, 4.69) is 10.6 Å². The van der Waals surface area contributed by atoms with Crippen molar-refractivity contribution in [2.24, 2.45) is 5.92 Å². The summed E-state index contributed by atoms with van der Waals surface area (Å²) in [6.07, 6.45) is 0.902. The zero-order chi connectivity index (χ0) is 12.8. The van der Waals surface area contributed by atoms with E-state index in [1.165, 1.54) is 0 Å². The molecule has 1 heterocycles. The third kappa shape index (κ3) is 4.34. The van der Waals surface area contributed by atoms with Crippen molar-refractivity contribution in [1.29, 1.82) is 0 Å². The van der Waals surface area contributed by atoms with Crippen molar-refractivity contribution in [3.05, 3.63) is 0 Å². The van der Waals surface area contributed by atoms with E-state index in [0.29, 0.717) is 19.0 Å². The molecule has 1 atom stereocenters. The van der Waals surface area contributed by atoms with Crippen molar-refractivity contribution in [3.63, 3.8) is 0 Å². The molecule has 0 spiro atoms. The average Bonchev–Trinajstić information content (AvgIpc) is 2.56. The van der Waals surface area contributed by atoms with Gasteiger partial charge < -0.3 is 15.5 Å². The number of amides is 2. The lowest BCUT2D eigenvalue weighted by Gasteiger charge is -2.22. The monoisotopic (exact) mass is 241 g/mol. The maximum atomic E-state index is 11.9. The molecule has 0 bridgehead atoms. The van der Waals surface area contributed by atoms with E-state index < -0.39 is 11.8 Å². The Morgan fingerprint density at radius 3 is 2.53 bits per heavy atom. The maximum absolute atomic E-state index is 11.9. The van der Waals surface area contributed by atoms with Gasteiger partial charge >= 0.3 is 11.8 Å². The molecule has 0 aromatic heterocycles. The van der Waals surface area contributed by atoms with Crippen LogP contribution in [0.25, 0.3) is 0 Å². The zero-order valence-electron chi connectivity index (χ0n) is 11.0. The summed E-state index contributed by atoms with van der Waals surface area (Å²) >= 11 is 0. The molecule has 5 nitrogen and oxygen atoms in total. The van der Waals surface area contributed by atoms with Crippen LogP contribution in [0, 0.1) is 5.92 Å². The highest BCUT2D eigenvalue weighted by atomic mass is 16.2. The van der Waals surface area contributed by atoms with Gasteiger partial charge in [-0.1, -0.05) is 13.8 Å². The predicted molar refractivity (Wildman–Crippen MR) is 66.5 cm³/mol. The molecular weight excluding hydrogens is 218 g/mol. The SMILES string of the molecule is CC(C)C(C)NC(=O)C(=O)N1CCCNCC1. The molecule has 17 heavy (non-hydrogen) atoms. The maximum Gasteiger partial charge on any atom is 0.311 e. The molecule has 0 radical (unpaired) electrons. The fourth-order valence-corrected chi connectivity index (χ4v) is 1.63. The van der Waals surface area contributed by atoms with Crippen molar-refractivity contribution < 1.29 is 9.59 Å². The summed E-state index contributed by atoms with van der Waals surface area (Å²) in [4.78, 5) is 25.3. The Morgan fingerprint density at radius 2 is 1.88 bits per heavy atom. The van der Waals surface area contributed by atoms with Gasteiger partial charge in [-0.3, -0.25) is 9.59 Å². The fraction of sp³-hybridized carbons (Fsp3) is 0.833. The summed E-state index contributed by atoms with van der Waals surface area (Å²) in [7, 11) is 0. The van der Waals surface area contributed by atoms with E-state index in [1.807, 2.05) is 20.8 Å². The van der Waals surface area contributed by atoms with Crippen molar-refractivity contribution in [3.8, 4) is 0 Å². The Labute approximate surface area is 103 Å². The van der Waals surface area contributed by atoms with Crippen LogP contribution in [-0.2, 0) is 9.59 Å². The van der Waals surface area contributed by atoms with Crippen LogP contribution in [-0.4, -0.2) is 48.9 Å². The Morgan fingerprint density at radius 1 is 1.18 bits per heavy atom. The van der Waals surface area contributed by atoms with Gasteiger partial charge in [0, 0.05) is 25.7 Å². The standard InChI is InChI=1S/C12H23N3O2/c1-9(2)10(3)14-11(16)12(17)15-7-4-5-13-6-8-15/h9-10,13H,4-8H2,1-3H3,(H,14,16). The van der Waals surface area contributed by atoms with Gasteiger partial charge in [0.1, 0.15) is 0 Å². The van der Waals surface area contributed by atoms with Crippen molar-refractivity contribution in [1.82, 2.24) is 15.5 Å². The minimum atomic E-state index is -0.479. The molecule has 5 heteroatoms. The van der Waals surface area contributed by atoms with E-state index in [4.69, 9.17) is 0 Å². The van der Waals surface area contributed by atoms with Crippen molar-refractivity contribution in [2.45, 2.75) is 33.2 Å². The summed E-state index contributed by atoms with van der Waals surface area (Å²) in [5, 5.41) is 5.95. The Hall–Kier alpha value is -1.10. The molecule has 1 saturated heterocycles. The van der Waals surface area contributed by atoms with Gasteiger partial charge in [-0.05, 0) is 25.8 Å². The average molecular weight is 241 g/mol. The number of carbonyl (C=O) groups excluding carboxylic acids is 2.